The van der Waals surface area contributed by atoms with E-state index in [4.69, 9.17) is 5.11 Å². The molecule has 0 bridgehead atoms. The zero-order valence-corrected chi connectivity index (χ0v) is 13.3. The molecule has 20 heavy (non-hydrogen) atoms. The van der Waals surface area contributed by atoms with Gasteiger partial charge in [0, 0.05) is 19.1 Å². The summed E-state index contributed by atoms with van der Waals surface area (Å²) in [4.78, 5) is 25.0. The third kappa shape index (κ3) is 5.39. The van der Waals surface area contributed by atoms with E-state index in [-0.39, 0.29) is 23.9 Å². The quantitative estimate of drug-likeness (QED) is 0.833. The average Bonchev–Trinajstić information content (AvgIpc) is 2.55. The first-order chi connectivity index (χ1) is 9.08. The SMILES string of the molecule is CC1CN(C(=O)NC(CC(=O)O)CC(C)(C)C)CC1C. The number of carbonyl (C=O) groups excluding carboxylic acids is 1. The van der Waals surface area contributed by atoms with Crippen molar-refractivity contribution in [2.45, 2.75) is 53.5 Å². The van der Waals surface area contributed by atoms with E-state index >= 15 is 0 Å². The first-order valence-electron chi connectivity index (χ1n) is 7.35. The average molecular weight is 284 g/mol. The Morgan fingerprint density at radius 3 is 2.15 bits per heavy atom. The van der Waals surface area contributed by atoms with Gasteiger partial charge < -0.3 is 15.3 Å². The number of rotatable bonds is 4. The third-order valence-electron chi connectivity index (χ3n) is 3.88. The zero-order chi connectivity index (χ0) is 15.5. The Kier molecular flexibility index (Phi) is 5.42. The minimum atomic E-state index is -0.872. The summed E-state index contributed by atoms with van der Waals surface area (Å²) >= 11 is 0. The van der Waals surface area contributed by atoms with E-state index in [0.29, 0.717) is 18.3 Å². The van der Waals surface area contributed by atoms with E-state index in [0.717, 1.165) is 13.1 Å². The summed E-state index contributed by atoms with van der Waals surface area (Å²) < 4.78 is 0. The zero-order valence-electron chi connectivity index (χ0n) is 13.3. The number of carboxylic acids is 1. The maximum absolute atomic E-state index is 12.2. The molecule has 5 nitrogen and oxygen atoms in total. The molecule has 5 heteroatoms. The monoisotopic (exact) mass is 284 g/mol. The molecule has 1 saturated heterocycles. The standard InChI is InChI=1S/C15H28N2O3/c1-10-8-17(9-11(10)2)14(20)16-12(6-13(18)19)7-15(3,4)5/h10-12H,6-9H2,1-5H3,(H,16,20)(H,18,19). The first kappa shape index (κ1) is 16.8. The Morgan fingerprint density at radius 2 is 1.75 bits per heavy atom. The fraction of sp³-hybridized carbons (Fsp3) is 0.867. The summed E-state index contributed by atoms with van der Waals surface area (Å²) in [5.74, 6) is 0.130. The molecule has 1 heterocycles. The van der Waals surface area contributed by atoms with E-state index in [1.807, 2.05) is 20.8 Å². The van der Waals surface area contributed by atoms with Crippen molar-refractivity contribution in [2.75, 3.05) is 13.1 Å². The van der Waals surface area contributed by atoms with E-state index in [1.165, 1.54) is 0 Å². The highest BCUT2D eigenvalue weighted by atomic mass is 16.4. The molecule has 3 unspecified atom stereocenters. The van der Waals surface area contributed by atoms with Gasteiger partial charge in [0.15, 0.2) is 0 Å². The number of aliphatic carboxylic acids is 1. The van der Waals surface area contributed by atoms with Gasteiger partial charge in [-0.25, -0.2) is 4.79 Å². The van der Waals surface area contributed by atoms with Crippen LogP contribution in [0.2, 0.25) is 0 Å². The van der Waals surface area contributed by atoms with Gasteiger partial charge in [0.1, 0.15) is 0 Å². The molecule has 1 rings (SSSR count). The summed E-state index contributed by atoms with van der Waals surface area (Å²) in [6.07, 6.45) is 0.631. The topological polar surface area (TPSA) is 69.6 Å². The fourth-order valence-corrected chi connectivity index (χ4v) is 2.69. The molecule has 1 aliphatic rings. The molecular formula is C15H28N2O3. The summed E-state index contributed by atoms with van der Waals surface area (Å²) in [5, 5.41) is 11.9. The van der Waals surface area contributed by atoms with Crippen LogP contribution < -0.4 is 5.32 Å². The maximum Gasteiger partial charge on any atom is 0.317 e. The smallest absolute Gasteiger partial charge is 0.317 e. The summed E-state index contributed by atoms with van der Waals surface area (Å²) in [7, 11) is 0. The molecule has 116 valence electrons. The van der Waals surface area contributed by atoms with Crippen molar-refractivity contribution in [3.05, 3.63) is 0 Å². The van der Waals surface area contributed by atoms with E-state index in [2.05, 4.69) is 19.2 Å². The number of nitrogens with zero attached hydrogens (tertiary/aromatic N) is 1. The van der Waals surface area contributed by atoms with Crippen LogP contribution in [0.5, 0.6) is 0 Å². The first-order valence-corrected chi connectivity index (χ1v) is 7.35. The lowest BCUT2D eigenvalue weighted by Gasteiger charge is -2.28. The van der Waals surface area contributed by atoms with E-state index < -0.39 is 5.97 Å². The Balaban J connectivity index is 2.60. The van der Waals surface area contributed by atoms with Crippen molar-refractivity contribution in [3.63, 3.8) is 0 Å². The number of nitrogens with one attached hydrogen (secondary N) is 1. The number of carbonyl (C=O) groups is 2. The van der Waals surface area contributed by atoms with Crippen molar-refractivity contribution < 1.29 is 14.7 Å². The lowest BCUT2D eigenvalue weighted by molar-refractivity contribution is -0.137. The molecule has 0 aromatic heterocycles. The van der Waals surface area contributed by atoms with Crippen LogP contribution in [-0.2, 0) is 4.79 Å². The lowest BCUT2D eigenvalue weighted by Crippen LogP contribution is -2.46. The molecule has 0 aromatic rings. The predicted molar refractivity (Wildman–Crippen MR) is 78.5 cm³/mol. The van der Waals surface area contributed by atoms with Gasteiger partial charge in [0.05, 0.1) is 6.42 Å². The molecular weight excluding hydrogens is 256 g/mol. The second-order valence-electron chi connectivity index (χ2n) is 7.37. The summed E-state index contributed by atoms with van der Waals surface area (Å²) in [6.45, 7) is 11.9. The van der Waals surface area contributed by atoms with Crippen molar-refractivity contribution >= 4 is 12.0 Å². The van der Waals surface area contributed by atoms with Crippen molar-refractivity contribution in [3.8, 4) is 0 Å². The highest BCUT2D eigenvalue weighted by Gasteiger charge is 2.31. The third-order valence-corrected chi connectivity index (χ3v) is 3.88. The number of urea groups is 1. The van der Waals surface area contributed by atoms with Gasteiger partial charge in [-0.1, -0.05) is 34.6 Å². The highest BCUT2D eigenvalue weighted by Crippen LogP contribution is 2.24. The van der Waals surface area contributed by atoms with Crippen LogP contribution in [0, 0.1) is 17.3 Å². The van der Waals surface area contributed by atoms with Crippen LogP contribution in [0.25, 0.3) is 0 Å². The molecule has 1 aliphatic heterocycles. The summed E-state index contributed by atoms with van der Waals surface area (Å²) in [6, 6.07) is -0.442. The second-order valence-corrected chi connectivity index (χ2v) is 7.37. The van der Waals surface area contributed by atoms with Crippen LogP contribution in [0.4, 0.5) is 4.79 Å². The van der Waals surface area contributed by atoms with E-state index in [1.54, 1.807) is 4.90 Å². The van der Waals surface area contributed by atoms with Gasteiger partial charge in [-0.05, 0) is 23.7 Å². The molecule has 0 aromatic carbocycles. The highest BCUT2D eigenvalue weighted by molar-refractivity contribution is 5.76. The van der Waals surface area contributed by atoms with Gasteiger partial charge in [-0.15, -0.1) is 0 Å². The Hall–Kier alpha value is -1.26. The Labute approximate surface area is 121 Å². The normalized spacial score (nSPS) is 24.6. The van der Waals surface area contributed by atoms with Crippen LogP contribution in [0.15, 0.2) is 0 Å². The second kappa shape index (κ2) is 6.46. The Bertz CT molecular complexity index is 353. The lowest BCUT2D eigenvalue weighted by atomic mass is 9.87. The van der Waals surface area contributed by atoms with Gasteiger partial charge >= 0.3 is 12.0 Å². The predicted octanol–water partition coefficient (Wildman–Crippen LogP) is 2.56. The van der Waals surface area contributed by atoms with Crippen LogP contribution >= 0.6 is 0 Å². The molecule has 2 N–H and O–H groups in total. The van der Waals surface area contributed by atoms with Crippen molar-refractivity contribution in [1.29, 1.82) is 0 Å². The largest absolute Gasteiger partial charge is 0.481 e. The number of likely N-dealkylation sites (tertiary alicyclic amines) is 1. The van der Waals surface area contributed by atoms with E-state index in [9.17, 15) is 9.59 Å². The minimum Gasteiger partial charge on any atom is -0.481 e. The van der Waals surface area contributed by atoms with Gasteiger partial charge in [-0.3, -0.25) is 4.79 Å². The van der Waals surface area contributed by atoms with Gasteiger partial charge in [-0.2, -0.15) is 0 Å². The maximum atomic E-state index is 12.2. The van der Waals surface area contributed by atoms with Crippen molar-refractivity contribution in [2.24, 2.45) is 17.3 Å². The Morgan fingerprint density at radius 1 is 1.25 bits per heavy atom. The molecule has 1 fully saturated rings. The van der Waals surface area contributed by atoms with Crippen LogP contribution in [0.1, 0.15) is 47.5 Å². The minimum absolute atomic E-state index is 0.0149. The molecule has 0 radical (unpaired) electrons. The molecule has 2 amide bonds. The number of hydrogen-bond donors (Lipinski definition) is 2. The number of carboxylic acid groups (broad SMARTS) is 1. The molecule has 0 aliphatic carbocycles. The number of hydrogen-bond acceptors (Lipinski definition) is 2. The summed E-state index contributed by atoms with van der Waals surface area (Å²) in [5.41, 5.74) is -0.0149. The fourth-order valence-electron chi connectivity index (χ4n) is 2.69. The van der Waals surface area contributed by atoms with Gasteiger partial charge in [0.2, 0.25) is 0 Å². The molecule has 3 atom stereocenters. The molecule has 0 spiro atoms. The van der Waals surface area contributed by atoms with Crippen LogP contribution in [0.3, 0.4) is 0 Å². The van der Waals surface area contributed by atoms with Gasteiger partial charge in [0.25, 0.3) is 0 Å². The molecule has 0 saturated carbocycles. The number of amides is 2. The van der Waals surface area contributed by atoms with Crippen LogP contribution in [-0.4, -0.2) is 41.1 Å². The van der Waals surface area contributed by atoms with Crippen molar-refractivity contribution in [1.82, 2.24) is 10.2 Å².